The van der Waals surface area contributed by atoms with E-state index < -0.39 is 72.7 Å². The lowest BCUT2D eigenvalue weighted by Crippen LogP contribution is -2.59. The molecule has 3 aromatic rings. The van der Waals surface area contributed by atoms with E-state index in [0.717, 1.165) is 17.7 Å². The smallest absolute Gasteiger partial charge is 0.343 e. The van der Waals surface area contributed by atoms with E-state index >= 15 is 0 Å². The van der Waals surface area contributed by atoms with Crippen molar-refractivity contribution in [3.05, 3.63) is 53.1 Å². The summed E-state index contributed by atoms with van der Waals surface area (Å²) in [6.45, 7) is 0.590. The van der Waals surface area contributed by atoms with Gasteiger partial charge >= 0.3 is 11.9 Å². The number of cyclic esters (lactones) is 1. The maximum Gasteiger partial charge on any atom is 0.343 e. The molecule has 3 heterocycles. The maximum atomic E-state index is 13.8. The van der Waals surface area contributed by atoms with Gasteiger partial charge in [0.2, 0.25) is 0 Å². The Bertz CT molecular complexity index is 1520. The molecular weight excluding hydrogens is 556 g/mol. The lowest BCUT2D eigenvalue weighted by atomic mass is 9.86. The molecule has 2 aromatic carbocycles. The van der Waals surface area contributed by atoms with Crippen molar-refractivity contribution in [3.8, 4) is 28.6 Å². The van der Waals surface area contributed by atoms with Gasteiger partial charge in [-0.25, -0.2) is 9.59 Å². The van der Waals surface area contributed by atoms with Crippen LogP contribution in [0, 0.1) is 5.92 Å². The number of rotatable bonds is 7. The number of hydrogen-bond acceptors (Lipinski definition) is 13. The second kappa shape index (κ2) is 12.0. The summed E-state index contributed by atoms with van der Waals surface area (Å²) in [5.41, 5.74) is 0.225. The predicted molar refractivity (Wildman–Crippen MR) is 143 cm³/mol. The van der Waals surface area contributed by atoms with E-state index in [0.29, 0.717) is 0 Å². The van der Waals surface area contributed by atoms with Crippen molar-refractivity contribution < 1.29 is 63.6 Å². The molecule has 0 spiro atoms. The minimum Gasteiger partial charge on any atom is -0.504 e. The van der Waals surface area contributed by atoms with Crippen molar-refractivity contribution in [2.45, 2.75) is 31.3 Å². The molecule has 42 heavy (non-hydrogen) atoms. The number of phenols is 3. The molecule has 0 saturated carbocycles. The van der Waals surface area contributed by atoms with Crippen LogP contribution < -0.4 is 0 Å². The number of carbonyl (C=O) groups is 2. The number of furan rings is 1. The zero-order valence-corrected chi connectivity index (χ0v) is 22.4. The Balaban J connectivity index is 1.55. The van der Waals surface area contributed by atoms with Gasteiger partial charge in [0.1, 0.15) is 36.2 Å². The van der Waals surface area contributed by atoms with Crippen LogP contribution in [0.15, 0.2) is 46.4 Å². The molecule has 0 unspecified atom stereocenters. The fraction of sp³-hybridized carbons (Fsp3) is 0.379. The van der Waals surface area contributed by atoms with Crippen LogP contribution in [-0.2, 0) is 18.9 Å². The normalized spacial score (nSPS) is 24.7. The minimum atomic E-state index is -1.35. The van der Waals surface area contributed by atoms with Crippen LogP contribution in [0.25, 0.3) is 22.3 Å². The molecular formula is C29H30O13. The monoisotopic (exact) mass is 586 g/mol. The molecule has 224 valence electrons. The Morgan fingerprint density at radius 3 is 2.52 bits per heavy atom. The summed E-state index contributed by atoms with van der Waals surface area (Å²) in [5, 5.41) is 60.6. The number of hydrogen-bond donors (Lipinski definition) is 6. The third-order valence-corrected chi connectivity index (χ3v) is 7.32. The number of aromatic hydroxyl groups is 3. The third kappa shape index (κ3) is 5.40. The van der Waals surface area contributed by atoms with Crippen LogP contribution in [0.3, 0.4) is 0 Å². The summed E-state index contributed by atoms with van der Waals surface area (Å²) in [5.74, 6) is -4.49. The highest BCUT2D eigenvalue weighted by Crippen LogP contribution is 2.43. The Morgan fingerprint density at radius 2 is 1.81 bits per heavy atom. The Labute approximate surface area is 238 Å². The van der Waals surface area contributed by atoms with Crippen LogP contribution in [0.4, 0.5) is 0 Å². The number of aliphatic hydroxyl groups is 3. The fourth-order valence-corrected chi connectivity index (χ4v) is 5.17. The first-order valence-electron chi connectivity index (χ1n) is 13.1. The van der Waals surface area contributed by atoms with Crippen LogP contribution in [0.2, 0.25) is 0 Å². The molecule has 5 atom stereocenters. The number of carbonyl (C=O) groups excluding carboxylic acids is 2. The molecule has 2 aliphatic heterocycles. The van der Waals surface area contributed by atoms with E-state index in [1.807, 2.05) is 0 Å². The van der Waals surface area contributed by atoms with Gasteiger partial charge < -0.3 is 54.0 Å². The molecule has 0 bridgehead atoms. The average Bonchev–Trinajstić information content (AvgIpc) is 3.36. The summed E-state index contributed by atoms with van der Waals surface area (Å²) in [6, 6.07) is 6.08. The van der Waals surface area contributed by atoms with Crippen LogP contribution in [0.5, 0.6) is 17.2 Å². The summed E-state index contributed by atoms with van der Waals surface area (Å²) < 4.78 is 28.7. The largest absolute Gasteiger partial charge is 0.504 e. The first-order valence-corrected chi connectivity index (χ1v) is 13.1. The van der Waals surface area contributed by atoms with E-state index in [1.54, 1.807) is 13.0 Å². The molecule has 6 N–H and O–H groups in total. The van der Waals surface area contributed by atoms with E-state index in [1.165, 1.54) is 18.2 Å². The second-order valence-corrected chi connectivity index (χ2v) is 10.1. The molecule has 0 aliphatic carbocycles. The van der Waals surface area contributed by atoms with Gasteiger partial charge in [-0.1, -0.05) is 6.08 Å². The zero-order valence-electron chi connectivity index (χ0n) is 22.4. The molecule has 2 aliphatic rings. The number of ether oxygens (including phenoxy) is 4. The summed E-state index contributed by atoms with van der Waals surface area (Å²) in [6.07, 6.45) is -3.17. The van der Waals surface area contributed by atoms with Crippen molar-refractivity contribution in [2.24, 2.45) is 5.92 Å². The summed E-state index contributed by atoms with van der Waals surface area (Å²) in [4.78, 5) is 27.1. The molecule has 0 radical (unpaired) electrons. The SMILES string of the molecule is C/C(=C/CO)COC[C@H]1O[C@H]2COC(=O)c3ccc(O)c4oc(-c5ccc(O)c(O)c5)c(c34)C(=O)O[C@@H]2[C@@H](CO)[C@@H]1O. The number of benzene rings is 2. The Kier molecular flexibility index (Phi) is 8.38. The van der Waals surface area contributed by atoms with Gasteiger partial charge in [0.05, 0.1) is 49.4 Å². The van der Waals surface area contributed by atoms with Crippen LogP contribution in [-0.4, -0.2) is 100 Å². The highest BCUT2D eigenvalue weighted by atomic mass is 16.6. The van der Waals surface area contributed by atoms with Crippen molar-refractivity contribution in [2.75, 3.05) is 33.0 Å². The second-order valence-electron chi connectivity index (χ2n) is 10.1. The van der Waals surface area contributed by atoms with E-state index in [-0.39, 0.29) is 53.2 Å². The van der Waals surface area contributed by atoms with E-state index in [9.17, 15) is 35.1 Å². The number of esters is 2. The molecule has 5 rings (SSSR count). The van der Waals surface area contributed by atoms with Gasteiger partial charge in [-0.05, 0) is 42.8 Å². The molecule has 1 fully saturated rings. The standard InChI is InChI=1S/C29H30O13/c1-13(6-7-30)10-38-11-20-24(35)16(9-31)26-21(40-20)12-39-28(36)15-3-5-18(33)27-22(15)23(29(37)42-26)25(41-27)14-2-4-17(32)19(34)8-14/h2-6,8,16,20-21,24,26,30-35H,7,9-12H2,1H3/b13-6-/t16-,20+,21-,24-,26+/m0/s1. The van der Waals surface area contributed by atoms with Crippen molar-refractivity contribution in [1.29, 1.82) is 0 Å². The third-order valence-electron chi connectivity index (χ3n) is 7.32. The molecule has 1 aromatic heterocycles. The van der Waals surface area contributed by atoms with Gasteiger partial charge in [0.15, 0.2) is 22.8 Å². The lowest BCUT2D eigenvalue weighted by Gasteiger charge is -2.43. The number of aliphatic hydroxyl groups excluding tert-OH is 3. The molecule has 13 heteroatoms. The molecule has 13 nitrogen and oxygen atoms in total. The number of fused-ring (bicyclic) bond motifs is 1. The van der Waals surface area contributed by atoms with Gasteiger partial charge in [-0.2, -0.15) is 0 Å². The average molecular weight is 587 g/mol. The maximum absolute atomic E-state index is 13.8. The Hall–Kier alpha value is -4.14. The summed E-state index contributed by atoms with van der Waals surface area (Å²) >= 11 is 0. The minimum absolute atomic E-state index is 0.110. The quantitative estimate of drug-likeness (QED) is 0.132. The first kappa shape index (κ1) is 29.4. The van der Waals surface area contributed by atoms with Crippen molar-refractivity contribution in [1.82, 2.24) is 0 Å². The predicted octanol–water partition coefficient (Wildman–Crippen LogP) is 1.60. The molecule has 0 amide bonds. The van der Waals surface area contributed by atoms with Crippen LogP contribution in [0.1, 0.15) is 27.6 Å². The highest BCUT2D eigenvalue weighted by molar-refractivity contribution is 6.17. The van der Waals surface area contributed by atoms with Crippen molar-refractivity contribution in [3.63, 3.8) is 0 Å². The van der Waals surface area contributed by atoms with Gasteiger partial charge in [-0.3, -0.25) is 0 Å². The Morgan fingerprint density at radius 1 is 1.05 bits per heavy atom. The number of phenolic OH excluding ortho intramolecular Hbond substituents is 3. The fourth-order valence-electron chi connectivity index (χ4n) is 5.17. The topological polar surface area (TPSA) is 206 Å². The lowest BCUT2D eigenvalue weighted by molar-refractivity contribution is -0.225. The zero-order chi connectivity index (χ0) is 30.1. The molecule has 1 saturated heterocycles. The first-order chi connectivity index (χ1) is 20.1. The summed E-state index contributed by atoms with van der Waals surface area (Å²) in [7, 11) is 0. The van der Waals surface area contributed by atoms with Gasteiger partial charge in [0, 0.05) is 5.56 Å². The van der Waals surface area contributed by atoms with E-state index in [4.69, 9.17) is 28.5 Å². The van der Waals surface area contributed by atoms with E-state index in [2.05, 4.69) is 0 Å². The van der Waals surface area contributed by atoms with Crippen LogP contribution >= 0.6 is 0 Å². The van der Waals surface area contributed by atoms with Crippen molar-refractivity contribution >= 4 is 22.9 Å². The highest BCUT2D eigenvalue weighted by Gasteiger charge is 2.48. The van der Waals surface area contributed by atoms with Gasteiger partial charge in [0.25, 0.3) is 0 Å². The van der Waals surface area contributed by atoms with Gasteiger partial charge in [-0.15, -0.1) is 0 Å².